The van der Waals surface area contributed by atoms with Crippen molar-refractivity contribution in [1.29, 1.82) is 0 Å². The van der Waals surface area contributed by atoms with Gasteiger partial charge in [-0.2, -0.15) is 6.42 Å². The van der Waals surface area contributed by atoms with Gasteiger partial charge in [-0.05, 0) is 5.56 Å². The van der Waals surface area contributed by atoms with Gasteiger partial charge in [0.2, 0.25) is 0 Å². The van der Waals surface area contributed by atoms with Crippen LogP contribution in [0.25, 0.3) is 0 Å². The van der Waals surface area contributed by atoms with Crippen LogP contribution in [-0.4, -0.2) is 6.79 Å². The largest absolute Gasteiger partial charge is 1.00 e. The van der Waals surface area contributed by atoms with Gasteiger partial charge in [0, 0.05) is 0 Å². The molecule has 0 aliphatic rings. The fourth-order valence-electron chi connectivity index (χ4n) is 1.39. The first-order valence-electron chi connectivity index (χ1n) is 5.98. The zero-order valence-electron chi connectivity index (χ0n) is 11.0. The number of hydrogen-bond acceptors (Lipinski definition) is 2. The zero-order valence-corrected chi connectivity index (χ0v) is 11.0. The van der Waals surface area contributed by atoms with E-state index < -0.39 is 0 Å². The van der Waals surface area contributed by atoms with Gasteiger partial charge in [0.15, 0.2) is 0 Å². The molecule has 2 nitrogen and oxygen atoms in total. The maximum Gasteiger partial charge on any atom is 1.00 e. The van der Waals surface area contributed by atoms with Crippen molar-refractivity contribution in [1.82, 2.24) is 0 Å². The second-order valence-corrected chi connectivity index (χ2v) is 3.78. The molecule has 0 N–H and O–H groups in total. The first-order chi connectivity index (χ1) is 7.93. The third-order valence-corrected chi connectivity index (χ3v) is 2.31. The minimum atomic E-state index is 0. The van der Waals surface area contributed by atoms with Crippen LogP contribution in [0.15, 0.2) is 30.3 Å². The Kier molecular flexibility index (Phi) is 12.0. The summed E-state index contributed by atoms with van der Waals surface area (Å²) in [6, 6.07) is 10.1. The van der Waals surface area contributed by atoms with Crippen LogP contribution in [0.3, 0.4) is 0 Å². The molecule has 17 heavy (non-hydrogen) atoms. The summed E-state index contributed by atoms with van der Waals surface area (Å²) in [5.41, 5.74) is 1.18. The van der Waals surface area contributed by atoms with E-state index in [9.17, 15) is 0 Å². The number of benzene rings is 1. The van der Waals surface area contributed by atoms with Crippen LogP contribution in [0.1, 0.15) is 38.2 Å². The average Bonchev–Trinajstić information content (AvgIpc) is 2.34. The molecule has 0 aliphatic carbocycles. The summed E-state index contributed by atoms with van der Waals surface area (Å²) >= 11 is 0. The molecule has 0 bridgehead atoms. The molecular weight excluding hydrogens is 207 g/mol. The molecular formula is C14H21LiO2. The van der Waals surface area contributed by atoms with E-state index in [4.69, 9.17) is 9.47 Å². The van der Waals surface area contributed by atoms with E-state index in [-0.39, 0.29) is 18.9 Å². The fourth-order valence-corrected chi connectivity index (χ4v) is 1.39. The maximum absolute atomic E-state index is 5.37. The first-order valence-corrected chi connectivity index (χ1v) is 5.98. The van der Waals surface area contributed by atoms with E-state index in [2.05, 4.69) is 6.92 Å². The molecule has 90 valence electrons. The molecule has 0 saturated carbocycles. The summed E-state index contributed by atoms with van der Waals surface area (Å²) in [7, 11) is 0. The van der Waals surface area contributed by atoms with Crippen LogP contribution in [0, 0.1) is 6.61 Å². The molecule has 0 atom stereocenters. The van der Waals surface area contributed by atoms with Crippen molar-refractivity contribution in [3.05, 3.63) is 42.5 Å². The van der Waals surface area contributed by atoms with Gasteiger partial charge in [0.25, 0.3) is 0 Å². The number of ether oxygens (including phenoxy) is 2. The Morgan fingerprint density at radius 3 is 2.59 bits per heavy atom. The second kappa shape index (κ2) is 12.2. The molecule has 0 heterocycles. The van der Waals surface area contributed by atoms with E-state index in [0.717, 1.165) is 6.42 Å². The Labute approximate surface area is 117 Å². The molecule has 0 fully saturated rings. The van der Waals surface area contributed by atoms with E-state index in [1.165, 1.54) is 24.8 Å². The number of hydrogen-bond donors (Lipinski definition) is 0. The van der Waals surface area contributed by atoms with Crippen molar-refractivity contribution < 1.29 is 28.3 Å². The van der Waals surface area contributed by atoms with Crippen LogP contribution in [0.2, 0.25) is 0 Å². The molecule has 1 aromatic rings. The smallest absolute Gasteiger partial charge is 0.532 e. The summed E-state index contributed by atoms with van der Waals surface area (Å²) in [5, 5.41) is 0. The predicted molar refractivity (Wildman–Crippen MR) is 65.6 cm³/mol. The summed E-state index contributed by atoms with van der Waals surface area (Å²) in [6.07, 6.45) is 4.74. The van der Waals surface area contributed by atoms with Crippen LogP contribution in [0.5, 0.6) is 0 Å². The molecule has 0 unspecified atom stereocenters. The van der Waals surface area contributed by atoms with Crippen LogP contribution in [0.4, 0.5) is 0 Å². The van der Waals surface area contributed by atoms with Crippen molar-refractivity contribution in [3.8, 4) is 0 Å². The molecule has 1 rings (SSSR count). The fraction of sp³-hybridized carbons (Fsp3) is 0.500. The van der Waals surface area contributed by atoms with Gasteiger partial charge in [-0.15, -0.1) is 0 Å². The molecule has 1 aromatic carbocycles. The van der Waals surface area contributed by atoms with Crippen molar-refractivity contribution >= 4 is 0 Å². The molecule has 0 saturated heterocycles. The Morgan fingerprint density at radius 2 is 1.88 bits per heavy atom. The van der Waals surface area contributed by atoms with Crippen LogP contribution < -0.4 is 18.9 Å². The van der Waals surface area contributed by atoms with Crippen LogP contribution >= 0.6 is 0 Å². The Morgan fingerprint density at radius 1 is 1.12 bits per heavy atom. The molecule has 0 spiro atoms. The maximum atomic E-state index is 5.37. The predicted octanol–water partition coefficient (Wildman–Crippen LogP) is 0.923. The van der Waals surface area contributed by atoms with Gasteiger partial charge in [0.1, 0.15) is 6.79 Å². The summed E-state index contributed by atoms with van der Waals surface area (Å²) in [4.78, 5) is 0. The Bertz CT molecular complexity index is 252. The third-order valence-electron chi connectivity index (χ3n) is 2.31. The molecule has 3 heteroatoms. The van der Waals surface area contributed by atoms with Gasteiger partial charge in [-0.25, -0.2) is 6.61 Å². The standard InChI is InChI=1S/C14H21O2.Li/c1-2-3-4-8-11-15-13-16-12-14-9-6-5-7-10-14;/h5-7,9-11H,2-4,8,12-13H2,1H3;/q-1;+1. The van der Waals surface area contributed by atoms with E-state index in [0.29, 0.717) is 13.4 Å². The van der Waals surface area contributed by atoms with Gasteiger partial charge in [-0.1, -0.05) is 56.5 Å². The number of rotatable bonds is 9. The van der Waals surface area contributed by atoms with Gasteiger partial charge >= 0.3 is 18.9 Å². The van der Waals surface area contributed by atoms with E-state index in [1.54, 1.807) is 0 Å². The van der Waals surface area contributed by atoms with Crippen LogP contribution in [-0.2, 0) is 16.1 Å². The van der Waals surface area contributed by atoms with E-state index >= 15 is 0 Å². The van der Waals surface area contributed by atoms with E-state index in [1.807, 2.05) is 36.9 Å². The first kappa shape index (κ1) is 16.7. The van der Waals surface area contributed by atoms with Crippen molar-refractivity contribution in [2.45, 2.75) is 39.2 Å². The molecule has 0 radical (unpaired) electrons. The monoisotopic (exact) mass is 228 g/mol. The second-order valence-electron chi connectivity index (χ2n) is 3.78. The minimum absolute atomic E-state index is 0. The van der Waals surface area contributed by atoms with Gasteiger partial charge in [0.05, 0.1) is 6.61 Å². The SMILES string of the molecule is CCCCC[CH-]OCOCc1ccccc1.[Li+]. The third kappa shape index (κ3) is 9.44. The summed E-state index contributed by atoms with van der Waals surface area (Å²) < 4.78 is 10.6. The molecule has 0 amide bonds. The number of unbranched alkanes of at least 4 members (excludes halogenated alkanes) is 3. The topological polar surface area (TPSA) is 18.5 Å². The van der Waals surface area contributed by atoms with Crippen molar-refractivity contribution in [2.24, 2.45) is 0 Å². The molecule has 0 aromatic heterocycles. The Balaban J connectivity index is 0.00000256. The van der Waals surface area contributed by atoms with Crippen molar-refractivity contribution in [2.75, 3.05) is 6.79 Å². The van der Waals surface area contributed by atoms with Crippen molar-refractivity contribution in [3.63, 3.8) is 0 Å². The Hall–Kier alpha value is -0.263. The molecule has 0 aliphatic heterocycles. The average molecular weight is 228 g/mol. The van der Waals surface area contributed by atoms with Gasteiger partial charge < -0.3 is 9.47 Å². The normalized spacial score (nSPS) is 9.94. The summed E-state index contributed by atoms with van der Waals surface area (Å²) in [6.45, 7) is 5.01. The van der Waals surface area contributed by atoms with Gasteiger partial charge in [-0.3, -0.25) is 0 Å². The summed E-state index contributed by atoms with van der Waals surface area (Å²) in [5.74, 6) is 0. The minimum Gasteiger partial charge on any atom is -0.532 e. The zero-order chi connectivity index (χ0) is 11.5. The quantitative estimate of drug-likeness (QED) is 0.271.